The molecule has 13 heavy (non-hydrogen) atoms. The summed E-state index contributed by atoms with van der Waals surface area (Å²) in [6.45, 7) is -0.268. The van der Waals surface area contributed by atoms with Gasteiger partial charge in [0.1, 0.15) is 12.4 Å². The van der Waals surface area contributed by atoms with Crippen molar-refractivity contribution in [3.63, 3.8) is 0 Å². The molecule has 0 amide bonds. The predicted octanol–water partition coefficient (Wildman–Crippen LogP) is -1.28. The number of nitrogens with zero attached hydrogens (tertiary/aromatic N) is 2. The third-order valence-corrected chi connectivity index (χ3v) is 1.58. The average Bonchev–Trinajstić information content (AvgIpc) is 2.47. The first-order chi connectivity index (χ1) is 6.20. The Balaban J connectivity index is 2.83. The standard InChI is InChI=1S/C6H7N5O2/c7-6-10-4-3(5(13)11-6)8-2(1-12)9-4/h12H,1H2,(H4,7,8,9,10,11,13). The van der Waals surface area contributed by atoms with Gasteiger partial charge in [0, 0.05) is 0 Å². The Labute approximate surface area is 71.6 Å². The second-order valence-electron chi connectivity index (χ2n) is 2.49. The van der Waals surface area contributed by atoms with Crippen LogP contribution in [-0.4, -0.2) is 25.0 Å². The number of H-pyrrole nitrogens is 2. The molecule has 2 aromatic rings. The summed E-state index contributed by atoms with van der Waals surface area (Å²) >= 11 is 0. The molecule has 5 N–H and O–H groups in total. The molecule has 0 aliphatic carbocycles. The molecule has 2 aromatic heterocycles. The molecule has 7 nitrogen and oxygen atoms in total. The fraction of sp³-hybridized carbons (Fsp3) is 0.167. The van der Waals surface area contributed by atoms with Gasteiger partial charge in [-0.05, 0) is 0 Å². The largest absolute Gasteiger partial charge is 0.388 e. The molecule has 0 unspecified atom stereocenters. The van der Waals surface area contributed by atoms with E-state index >= 15 is 0 Å². The van der Waals surface area contributed by atoms with Crippen molar-refractivity contribution < 1.29 is 5.11 Å². The molecule has 0 radical (unpaired) electrons. The normalized spacial score (nSPS) is 10.8. The molecule has 0 aliphatic heterocycles. The van der Waals surface area contributed by atoms with Crippen LogP contribution in [0.4, 0.5) is 5.95 Å². The fourth-order valence-electron chi connectivity index (χ4n) is 1.05. The molecule has 0 atom stereocenters. The number of imidazole rings is 1. The Bertz CT molecular complexity index is 499. The third kappa shape index (κ3) is 1.14. The van der Waals surface area contributed by atoms with Crippen LogP contribution in [0.1, 0.15) is 5.82 Å². The maximum atomic E-state index is 11.2. The van der Waals surface area contributed by atoms with E-state index in [1.54, 1.807) is 0 Å². The van der Waals surface area contributed by atoms with E-state index in [2.05, 4.69) is 19.9 Å². The molecular weight excluding hydrogens is 174 g/mol. The third-order valence-electron chi connectivity index (χ3n) is 1.58. The quantitative estimate of drug-likeness (QED) is 0.436. The molecule has 2 heterocycles. The minimum absolute atomic E-state index is 0.00786. The number of hydrogen-bond acceptors (Lipinski definition) is 5. The number of aliphatic hydroxyl groups excluding tert-OH is 1. The summed E-state index contributed by atoms with van der Waals surface area (Å²) in [6.07, 6.45) is 0. The number of fused-ring (bicyclic) bond motifs is 1. The van der Waals surface area contributed by atoms with Gasteiger partial charge in [-0.3, -0.25) is 9.78 Å². The van der Waals surface area contributed by atoms with Crippen LogP contribution in [0.15, 0.2) is 4.79 Å². The van der Waals surface area contributed by atoms with Gasteiger partial charge in [-0.2, -0.15) is 4.98 Å². The minimum atomic E-state index is -0.394. The zero-order valence-corrected chi connectivity index (χ0v) is 6.53. The van der Waals surface area contributed by atoms with Gasteiger partial charge in [-0.25, -0.2) is 4.98 Å². The van der Waals surface area contributed by atoms with Crippen molar-refractivity contribution in [1.29, 1.82) is 0 Å². The lowest BCUT2D eigenvalue weighted by Gasteiger charge is -1.89. The summed E-state index contributed by atoms with van der Waals surface area (Å²) < 4.78 is 0. The molecule has 0 aromatic carbocycles. The van der Waals surface area contributed by atoms with Gasteiger partial charge in [-0.1, -0.05) is 0 Å². The Morgan fingerprint density at radius 2 is 2.15 bits per heavy atom. The predicted molar refractivity (Wildman–Crippen MR) is 44.8 cm³/mol. The van der Waals surface area contributed by atoms with E-state index in [9.17, 15) is 4.79 Å². The summed E-state index contributed by atoms with van der Waals surface area (Å²) in [6, 6.07) is 0. The van der Waals surface area contributed by atoms with Gasteiger partial charge >= 0.3 is 0 Å². The van der Waals surface area contributed by atoms with Crippen molar-refractivity contribution in [3.8, 4) is 0 Å². The van der Waals surface area contributed by atoms with Gasteiger partial charge in [0.05, 0.1) is 0 Å². The number of nitrogens with one attached hydrogen (secondary N) is 2. The van der Waals surface area contributed by atoms with Crippen molar-refractivity contribution in [2.24, 2.45) is 0 Å². The number of aromatic amines is 2. The summed E-state index contributed by atoms with van der Waals surface area (Å²) in [5.74, 6) is 0.298. The van der Waals surface area contributed by atoms with Gasteiger partial charge in [0.15, 0.2) is 11.2 Å². The van der Waals surface area contributed by atoms with Crippen molar-refractivity contribution in [2.75, 3.05) is 5.73 Å². The SMILES string of the molecule is Nc1nc2nc(CO)[nH]c2c(=O)[nH]1. The number of rotatable bonds is 1. The lowest BCUT2D eigenvalue weighted by molar-refractivity contribution is 0.273. The molecule has 0 saturated carbocycles. The highest BCUT2D eigenvalue weighted by atomic mass is 16.3. The Morgan fingerprint density at radius 3 is 2.85 bits per heavy atom. The lowest BCUT2D eigenvalue weighted by atomic mass is 10.5. The Kier molecular flexibility index (Phi) is 1.52. The summed E-state index contributed by atoms with van der Waals surface area (Å²) in [4.78, 5) is 23.7. The number of aromatic nitrogens is 4. The smallest absolute Gasteiger partial charge is 0.278 e. The van der Waals surface area contributed by atoms with Gasteiger partial charge < -0.3 is 15.8 Å². The number of anilines is 1. The first-order valence-electron chi connectivity index (χ1n) is 3.56. The van der Waals surface area contributed by atoms with E-state index in [4.69, 9.17) is 10.8 Å². The molecule has 0 spiro atoms. The molecule has 0 fully saturated rings. The van der Waals surface area contributed by atoms with Crippen molar-refractivity contribution >= 4 is 17.1 Å². The highest BCUT2D eigenvalue weighted by molar-refractivity contribution is 5.70. The van der Waals surface area contributed by atoms with Crippen LogP contribution in [0, 0.1) is 0 Å². The number of nitrogen functional groups attached to an aromatic ring is 1. The molecule has 0 saturated heterocycles. The van der Waals surface area contributed by atoms with Crippen LogP contribution in [0.3, 0.4) is 0 Å². The average molecular weight is 181 g/mol. The highest BCUT2D eigenvalue weighted by Gasteiger charge is 2.06. The Hall–Kier alpha value is -1.89. The molecular formula is C6H7N5O2. The van der Waals surface area contributed by atoms with Crippen LogP contribution in [0.5, 0.6) is 0 Å². The zero-order valence-electron chi connectivity index (χ0n) is 6.53. The first-order valence-corrected chi connectivity index (χ1v) is 3.56. The van der Waals surface area contributed by atoms with Crippen molar-refractivity contribution in [3.05, 3.63) is 16.2 Å². The van der Waals surface area contributed by atoms with Crippen molar-refractivity contribution in [1.82, 2.24) is 19.9 Å². The maximum absolute atomic E-state index is 11.2. The fourth-order valence-corrected chi connectivity index (χ4v) is 1.05. The highest BCUT2D eigenvalue weighted by Crippen LogP contribution is 2.03. The summed E-state index contributed by atoms with van der Waals surface area (Å²) in [7, 11) is 0. The molecule has 0 aliphatic rings. The number of aliphatic hydroxyl groups is 1. The summed E-state index contributed by atoms with van der Waals surface area (Å²) in [5.41, 5.74) is 5.33. The molecule has 0 bridgehead atoms. The topological polar surface area (TPSA) is 121 Å². The van der Waals surface area contributed by atoms with Gasteiger partial charge in [0.25, 0.3) is 5.56 Å². The van der Waals surface area contributed by atoms with E-state index in [0.717, 1.165) is 0 Å². The van der Waals surface area contributed by atoms with Crippen LogP contribution in [0.2, 0.25) is 0 Å². The second kappa shape index (κ2) is 2.56. The van der Waals surface area contributed by atoms with Crippen LogP contribution >= 0.6 is 0 Å². The van der Waals surface area contributed by atoms with E-state index < -0.39 is 5.56 Å². The monoisotopic (exact) mass is 181 g/mol. The van der Waals surface area contributed by atoms with E-state index in [0.29, 0.717) is 5.82 Å². The second-order valence-corrected chi connectivity index (χ2v) is 2.49. The minimum Gasteiger partial charge on any atom is -0.388 e. The van der Waals surface area contributed by atoms with Crippen molar-refractivity contribution in [2.45, 2.75) is 6.61 Å². The van der Waals surface area contributed by atoms with E-state index in [1.165, 1.54) is 0 Å². The van der Waals surface area contributed by atoms with E-state index in [1.807, 2.05) is 0 Å². The lowest BCUT2D eigenvalue weighted by Crippen LogP contribution is -2.10. The number of nitrogens with two attached hydrogens (primary N) is 1. The van der Waals surface area contributed by atoms with Crippen LogP contribution in [0.25, 0.3) is 11.2 Å². The van der Waals surface area contributed by atoms with Crippen LogP contribution < -0.4 is 11.3 Å². The first kappa shape index (κ1) is 7.74. The molecule has 68 valence electrons. The summed E-state index contributed by atoms with van der Waals surface area (Å²) in [5, 5.41) is 8.73. The molecule has 2 rings (SSSR count). The number of hydrogen-bond donors (Lipinski definition) is 4. The van der Waals surface area contributed by atoms with Gasteiger partial charge in [-0.15, -0.1) is 0 Å². The maximum Gasteiger partial charge on any atom is 0.278 e. The van der Waals surface area contributed by atoms with Crippen LogP contribution in [-0.2, 0) is 6.61 Å². The zero-order chi connectivity index (χ0) is 9.42. The Morgan fingerprint density at radius 1 is 1.38 bits per heavy atom. The molecule has 7 heteroatoms. The van der Waals surface area contributed by atoms with E-state index in [-0.39, 0.29) is 23.7 Å². The van der Waals surface area contributed by atoms with Gasteiger partial charge in [0.2, 0.25) is 5.95 Å².